The number of nitrogens with one attached hydrogen (secondary N) is 1. The third-order valence-corrected chi connectivity index (χ3v) is 4.37. The maximum absolute atomic E-state index is 11.9. The molecule has 3 unspecified atom stereocenters. The Morgan fingerprint density at radius 3 is 2.83 bits per heavy atom. The van der Waals surface area contributed by atoms with E-state index in [1.807, 2.05) is 11.8 Å². The molecule has 2 N–H and O–H groups in total. The minimum atomic E-state index is -1.13. The summed E-state index contributed by atoms with van der Waals surface area (Å²) in [5.41, 5.74) is -0.0939. The highest BCUT2D eigenvalue weighted by molar-refractivity contribution is 7.99. The van der Waals surface area contributed by atoms with Crippen molar-refractivity contribution in [2.24, 2.45) is 5.16 Å². The van der Waals surface area contributed by atoms with Crippen LogP contribution in [0.3, 0.4) is 0 Å². The van der Waals surface area contributed by atoms with Crippen LogP contribution in [0, 0.1) is 0 Å². The first-order valence-electron chi connectivity index (χ1n) is 5.89. The van der Waals surface area contributed by atoms with Crippen molar-refractivity contribution in [3.8, 4) is 0 Å². The van der Waals surface area contributed by atoms with Gasteiger partial charge < -0.3 is 15.3 Å². The molecule has 1 saturated carbocycles. The number of carboxylic acid groups (broad SMARTS) is 1. The first-order chi connectivity index (χ1) is 8.60. The quantitative estimate of drug-likeness (QED) is 0.783. The van der Waals surface area contributed by atoms with E-state index in [1.54, 1.807) is 0 Å². The second-order valence-corrected chi connectivity index (χ2v) is 5.66. The average molecular weight is 272 g/mol. The number of hydrogen-bond acceptors (Lipinski definition) is 5. The van der Waals surface area contributed by atoms with Gasteiger partial charge in [0.25, 0.3) is 5.91 Å². The van der Waals surface area contributed by atoms with E-state index in [1.165, 1.54) is 0 Å². The fraction of sp³-hybridized carbons (Fsp3) is 0.727. The lowest BCUT2D eigenvalue weighted by atomic mass is 10.1. The minimum Gasteiger partial charge on any atom is -0.477 e. The Balaban J connectivity index is 1.79. The molecule has 1 aliphatic heterocycles. The van der Waals surface area contributed by atoms with Crippen LogP contribution < -0.4 is 5.32 Å². The Hall–Kier alpha value is -1.24. The van der Waals surface area contributed by atoms with Gasteiger partial charge in [0.1, 0.15) is 0 Å². The Morgan fingerprint density at radius 2 is 2.28 bits per heavy atom. The molecule has 1 aliphatic carbocycles. The molecule has 0 aromatic rings. The number of amides is 1. The molecule has 1 heterocycles. The second-order valence-electron chi connectivity index (χ2n) is 4.52. The number of rotatable bonds is 4. The van der Waals surface area contributed by atoms with Crippen molar-refractivity contribution in [1.82, 2.24) is 5.32 Å². The maximum Gasteiger partial charge on any atom is 0.353 e. The van der Waals surface area contributed by atoms with Crippen LogP contribution in [0.1, 0.15) is 25.7 Å². The molecule has 18 heavy (non-hydrogen) atoms. The maximum atomic E-state index is 11.9. The summed E-state index contributed by atoms with van der Waals surface area (Å²) in [6.07, 6.45) is 4.36. The van der Waals surface area contributed by atoms with E-state index < -0.39 is 12.1 Å². The van der Waals surface area contributed by atoms with Crippen molar-refractivity contribution in [3.63, 3.8) is 0 Å². The summed E-state index contributed by atoms with van der Waals surface area (Å²) in [7, 11) is 0. The molecular formula is C11H16N2O4S. The van der Waals surface area contributed by atoms with E-state index in [9.17, 15) is 9.59 Å². The predicted molar refractivity (Wildman–Crippen MR) is 67.6 cm³/mol. The smallest absolute Gasteiger partial charge is 0.353 e. The number of carboxylic acids is 1. The van der Waals surface area contributed by atoms with Crippen molar-refractivity contribution < 1.29 is 19.5 Å². The van der Waals surface area contributed by atoms with Gasteiger partial charge in [0, 0.05) is 17.7 Å². The zero-order chi connectivity index (χ0) is 13.1. The van der Waals surface area contributed by atoms with Crippen LogP contribution in [-0.2, 0) is 14.4 Å². The molecule has 3 atom stereocenters. The summed E-state index contributed by atoms with van der Waals surface area (Å²) >= 11 is 1.82. The third kappa shape index (κ3) is 2.95. The minimum absolute atomic E-state index is 0.0415. The fourth-order valence-electron chi connectivity index (χ4n) is 2.22. The van der Waals surface area contributed by atoms with Gasteiger partial charge in [0.15, 0.2) is 5.71 Å². The van der Waals surface area contributed by atoms with E-state index in [-0.39, 0.29) is 24.1 Å². The van der Waals surface area contributed by atoms with E-state index >= 15 is 0 Å². The van der Waals surface area contributed by atoms with Gasteiger partial charge >= 0.3 is 5.97 Å². The summed E-state index contributed by atoms with van der Waals surface area (Å²) in [4.78, 5) is 27.3. The number of carbonyl (C=O) groups excluding carboxylic acids is 1. The monoisotopic (exact) mass is 272 g/mol. The topological polar surface area (TPSA) is 88.0 Å². The highest BCUT2D eigenvalue weighted by Crippen LogP contribution is 2.28. The predicted octanol–water partition coefficient (Wildman–Crippen LogP) is 0.616. The highest BCUT2D eigenvalue weighted by atomic mass is 32.2. The summed E-state index contributed by atoms with van der Waals surface area (Å²) in [5.74, 6) is -1.39. The molecule has 6 nitrogen and oxygen atoms in total. The van der Waals surface area contributed by atoms with Gasteiger partial charge in [-0.1, -0.05) is 5.16 Å². The van der Waals surface area contributed by atoms with E-state index in [4.69, 9.17) is 9.94 Å². The SMILES string of the molecule is CSC1CCC(NC(=O)C2CC(C(=O)O)=NO2)C1. The van der Waals surface area contributed by atoms with Crippen LogP contribution in [-0.4, -0.2) is 46.3 Å². The highest BCUT2D eigenvalue weighted by Gasteiger charge is 2.34. The van der Waals surface area contributed by atoms with Crippen LogP contribution >= 0.6 is 11.8 Å². The first-order valence-corrected chi connectivity index (χ1v) is 7.18. The molecule has 1 amide bonds. The molecule has 0 radical (unpaired) electrons. The number of carbonyl (C=O) groups is 2. The van der Waals surface area contributed by atoms with Crippen LogP contribution in [0.15, 0.2) is 5.16 Å². The number of thioether (sulfide) groups is 1. The molecule has 0 bridgehead atoms. The normalized spacial score (nSPS) is 30.7. The molecule has 100 valence electrons. The van der Waals surface area contributed by atoms with Crippen LogP contribution in [0.5, 0.6) is 0 Å². The lowest BCUT2D eigenvalue weighted by Gasteiger charge is -2.15. The van der Waals surface area contributed by atoms with Gasteiger partial charge in [-0.2, -0.15) is 11.8 Å². The van der Waals surface area contributed by atoms with Gasteiger partial charge in [0.05, 0.1) is 0 Å². The zero-order valence-electron chi connectivity index (χ0n) is 10.1. The molecule has 0 spiro atoms. The Kier molecular flexibility index (Phi) is 4.11. The Labute approximate surface area is 109 Å². The third-order valence-electron chi connectivity index (χ3n) is 3.27. The first kappa shape index (κ1) is 13.2. The fourth-order valence-corrected chi connectivity index (χ4v) is 3.02. The number of hydrogen-bond donors (Lipinski definition) is 2. The van der Waals surface area contributed by atoms with Crippen LogP contribution in [0.25, 0.3) is 0 Å². The molecule has 2 aliphatic rings. The largest absolute Gasteiger partial charge is 0.477 e. The Bertz CT molecular complexity index is 385. The zero-order valence-corrected chi connectivity index (χ0v) is 10.9. The van der Waals surface area contributed by atoms with Crippen molar-refractivity contribution >= 4 is 29.4 Å². The second kappa shape index (κ2) is 5.60. The van der Waals surface area contributed by atoms with E-state index in [2.05, 4.69) is 16.7 Å². The summed E-state index contributed by atoms with van der Waals surface area (Å²) < 4.78 is 0. The molecule has 7 heteroatoms. The van der Waals surface area contributed by atoms with E-state index in [0.29, 0.717) is 5.25 Å². The average Bonchev–Trinajstić information content (AvgIpc) is 2.97. The lowest BCUT2D eigenvalue weighted by molar-refractivity contribution is -0.132. The summed E-state index contributed by atoms with van der Waals surface area (Å²) in [6.45, 7) is 0. The van der Waals surface area contributed by atoms with Gasteiger partial charge in [-0.25, -0.2) is 4.79 Å². The molecule has 0 saturated heterocycles. The number of aliphatic carboxylic acids is 1. The standard InChI is InChI=1S/C11H16N2O4S/c1-18-7-3-2-6(4-7)12-10(14)9-5-8(11(15)16)13-17-9/h6-7,9H,2-5H2,1H3,(H,12,14)(H,15,16). The van der Waals surface area contributed by atoms with Crippen molar-refractivity contribution in [1.29, 1.82) is 0 Å². The number of oxime groups is 1. The summed E-state index contributed by atoms with van der Waals surface area (Å²) in [5, 5.41) is 15.6. The molecule has 1 fully saturated rings. The van der Waals surface area contributed by atoms with Crippen molar-refractivity contribution in [2.45, 2.75) is 43.1 Å². The Morgan fingerprint density at radius 1 is 1.50 bits per heavy atom. The van der Waals surface area contributed by atoms with Gasteiger partial charge in [-0.3, -0.25) is 4.79 Å². The van der Waals surface area contributed by atoms with Gasteiger partial charge in [-0.05, 0) is 25.5 Å². The van der Waals surface area contributed by atoms with Crippen LogP contribution in [0.2, 0.25) is 0 Å². The molecular weight excluding hydrogens is 256 g/mol. The molecule has 0 aromatic carbocycles. The summed E-state index contributed by atoms with van der Waals surface area (Å²) in [6, 6.07) is 0.174. The van der Waals surface area contributed by atoms with Gasteiger partial charge in [-0.15, -0.1) is 0 Å². The van der Waals surface area contributed by atoms with E-state index in [0.717, 1.165) is 19.3 Å². The van der Waals surface area contributed by atoms with Crippen LogP contribution in [0.4, 0.5) is 0 Å². The van der Waals surface area contributed by atoms with Crippen molar-refractivity contribution in [2.75, 3.05) is 6.26 Å². The molecule has 0 aromatic heterocycles. The van der Waals surface area contributed by atoms with Gasteiger partial charge in [0.2, 0.25) is 6.10 Å². The number of nitrogens with zero attached hydrogens (tertiary/aromatic N) is 1. The molecule has 2 rings (SSSR count). The van der Waals surface area contributed by atoms with Crippen molar-refractivity contribution in [3.05, 3.63) is 0 Å². The lowest BCUT2D eigenvalue weighted by Crippen LogP contribution is -2.40.